The lowest BCUT2D eigenvalue weighted by Gasteiger charge is -2.32. The van der Waals surface area contributed by atoms with Crippen LogP contribution in [0.25, 0.3) is 0 Å². The summed E-state index contributed by atoms with van der Waals surface area (Å²) in [6.07, 6.45) is 6.17. The van der Waals surface area contributed by atoms with E-state index in [4.69, 9.17) is 4.74 Å². The molecule has 164 valence electrons. The van der Waals surface area contributed by atoms with Crippen molar-refractivity contribution >= 4 is 17.5 Å². The summed E-state index contributed by atoms with van der Waals surface area (Å²) in [4.78, 5) is 30.5. The maximum absolute atomic E-state index is 12.3. The van der Waals surface area contributed by atoms with Crippen LogP contribution in [0, 0.1) is 0 Å². The number of hydrogen-bond acceptors (Lipinski definition) is 5. The third-order valence-electron chi connectivity index (χ3n) is 5.85. The van der Waals surface area contributed by atoms with Crippen molar-refractivity contribution < 1.29 is 14.3 Å². The number of benzene rings is 1. The van der Waals surface area contributed by atoms with Crippen LogP contribution < -0.4 is 15.4 Å². The van der Waals surface area contributed by atoms with Gasteiger partial charge in [0, 0.05) is 50.4 Å². The number of nitrogens with zero attached hydrogens (tertiary/aromatic N) is 2. The number of carbonyl (C=O) groups is 2. The van der Waals surface area contributed by atoms with Crippen LogP contribution in [0.1, 0.15) is 43.4 Å². The molecule has 0 atom stereocenters. The van der Waals surface area contributed by atoms with E-state index in [9.17, 15) is 9.59 Å². The molecule has 1 fully saturated rings. The summed E-state index contributed by atoms with van der Waals surface area (Å²) in [5, 5.41) is 6.04. The predicted octanol–water partition coefficient (Wildman–Crippen LogP) is 2.91. The van der Waals surface area contributed by atoms with Crippen molar-refractivity contribution in [2.75, 3.05) is 25.0 Å². The summed E-state index contributed by atoms with van der Waals surface area (Å²) >= 11 is 0. The third-order valence-corrected chi connectivity index (χ3v) is 5.85. The van der Waals surface area contributed by atoms with E-state index < -0.39 is 0 Å². The molecule has 7 nitrogen and oxygen atoms in total. The van der Waals surface area contributed by atoms with Crippen molar-refractivity contribution in [3.63, 3.8) is 0 Å². The van der Waals surface area contributed by atoms with Gasteiger partial charge >= 0.3 is 0 Å². The third kappa shape index (κ3) is 6.28. The molecule has 7 heteroatoms. The Labute approximate surface area is 183 Å². The Morgan fingerprint density at radius 1 is 1.19 bits per heavy atom. The number of aromatic nitrogens is 1. The molecule has 2 N–H and O–H groups in total. The van der Waals surface area contributed by atoms with Crippen LogP contribution in [0.2, 0.25) is 0 Å². The Morgan fingerprint density at radius 3 is 2.87 bits per heavy atom. The molecule has 0 aliphatic carbocycles. The van der Waals surface area contributed by atoms with Crippen molar-refractivity contribution in [2.24, 2.45) is 0 Å². The van der Waals surface area contributed by atoms with E-state index in [-0.39, 0.29) is 17.9 Å². The van der Waals surface area contributed by atoms with Crippen molar-refractivity contribution in [3.8, 4) is 5.75 Å². The lowest BCUT2D eigenvalue weighted by molar-refractivity contribution is -0.122. The van der Waals surface area contributed by atoms with Gasteiger partial charge in [0.1, 0.15) is 5.75 Å². The van der Waals surface area contributed by atoms with E-state index >= 15 is 0 Å². The Morgan fingerprint density at radius 2 is 2.06 bits per heavy atom. The van der Waals surface area contributed by atoms with Crippen LogP contribution in [0.4, 0.5) is 5.69 Å². The molecule has 0 unspecified atom stereocenters. The lowest BCUT2D eigenvalue weighted by Crippen LogP contribution is -2.44. The van der Waals surface area contributed by atoms with Crippen LogP contribution in [0.15, 0.2) is 42.6 Å². The number of fused-ring (bicyclic) bond motifs is 1. The van der Waals surface area contributed by atoms with E-state index in [2.05, 4.69) is 26.6 Å². The van der Waals surface area contributed by atoms with Crippen molar-refractivity contribution in [1.82, 2.24) is 15.2 Å². The topological polar surface area (TPSA) is 83.6 Å². The Balaban J connectivity index is 1.11. The van der Waals surface area contributed by atoms with Gasteiger partial charge in [-0.2, -0.15) is 0 Å². The first-order valence-corrected chi connectivity index (χ1v) is 11.1. The van der Waals surface area contributed by atoms with Gasteiger partial charge in [-0.3, -0.25) is 19.5 Å². The van der Waals surface area contributed by atoms with E-state index in [1.165, 1.54) is 0 Å². The second-order valence-corrected chi connectivity index (χ2v) is 8.26. The molecule has 0 spiro atoms. The number of aryl methyl sites for hydroxylation is 1. The highest BCUT2D eigenvalue weighted by Crippen LogP contribution is 2.26. The normalized spacial score (nSPS) is 17.0. The fraction of sp³-hybridized carbons (Fsp3) is 0.458. The van der Waals surface area contributed by atoms with Gasteiger partial charge in [0.05, 0.1) is 12.3 Å². The second-order valence-electron chi connectivity index (χ2n) is 8.26. The number of amides is 2. The number of piperidine rings is 1. The second kappa shape index (κ2) is 10.4. The van der Waals surface area contributed by atoms with Gasteiger partial charge in [0.2, 0.25) is 11.8 Å². The summed E-state index contributed by atoms with van der Waals surface area (Å²) in [6.45, 7) is 3.32. The monoisotopic (exact) mass is 422 g/mol. The van der Waals surface area contributed by atoms with Gasteiger partial charge in [0.15, 0.2) is 0 Å². The summed E-state index contributed by atoms with van der Waals surface area (Å²) in [7, 11) is 0. The smallest absolute Gasteiger partial charge is 0.224 e. The molecule has 0 bridgehead atoms. The van der Waals surface area contributed by atoms with Gasteiger partial charge in [-0.15, -0.1) is 0 Å². The number of nitrogens with one attached hydrogen (secondary N) is 2. The molecule has 1 saturated heterocycles. The average Bonchev–Trinajstić information content (AvgIpc) is 2.79. The highest BCUT2D eigenvalue weighted by molar-refractivity contribution is 5.94. The van der Waals surface area contributed by atoms with Crippen molar-refractivity contribution in [3.05, 3.63) is 53.9 Å². The van der Waals surface area contributed by atoms with Crippen molar-refractivity contribution in [1.29, 1.82) is 0 Å². The van der Waals surface area contributed by atoms with E-state index in [1.807, 2.05) is 36.5 Å². The Hall–Kier alpha value is -2.93. The standard InChI is InChI=1S/C24H30N4O3/c29-23(26-19-10-13-28(14-11-19)17-20-4-1-2-12-25-20)5-3-15-31-21-7-8-22-18(16-21)6-9-24(30)27-22/h1-2,4,7-8,12,16,19H,3,5-6,9-11,13-15,17H2,(H,26,29)(H,27,30). The summed E-state index contributed by atoms with van der Waals surface area (Å²) < 4.78 is 5.80. The van der Waals surface area contributed by atoms with Crippen LogP contribution in [-0.2, 0) is 22.6 Å². The zero-order valence-corrected chi connectivity index (χ0v) is 17.8. The number of likely N-dealkylation sites (tertiary alicyclic amines) is 1. The molecule has 4 rings (SSSR count). The van der Waals surface area contributed by atoms with E-state index in [0.717, 1.165) is 61.6 Å². The van der Waals surface area contributed by atoms with Gasteiger partial charge in [-0.1, -0.05) is 6.07 Å². The summed E-state index contributed by atoms with van der Waals surface area (Å²) in [5.74, 6) is 0.946. The Bertz CT molecular complexity index is 895. The minimum absolute atomic E-state index is 0.0612. The fourth-order valence-corrected chi connectivity index (χ4v) is 4.13. The SMILES string of the molecule is O=C1CCc2cc(OCCCC(=O)NC3CCN(Cc4ccccn4)CC3)ccc2N1. The molecular formula is C24H30N4O3. The van der Waals surface area contributed by atoms with E-state index in [1.54, 1.807) is 0 Å². The first-order valence-electron chi connectivity index (χ1n) is 11.1. The number of pyridine rings is 1. The molecule has 1 aromatic carbocycles. The number of ether oxygens (including phenoxy) is 1. The molecule has 3 heterocycles. The quantitative estimate of drug-likeness (QED) is 0.639. The first kappa shape index (κ1) is 21.3. The largest absolute Gasteiger partial charge is 0.494 e. The maximum atomic E-state index is 12.3. The fourth-order valence-electron chi connectivity index (χ4n) is 4.13. The molecule has 31 heavy (non-hydrogen) atoms. The molecular weight excluding hydrogens is 392 g/mol. The van der Waals surface area contributed by atoms with Gasteiger partial charge < -0.3 is 15.4 Å². The first-order chi connectivity index (χ1) is 15.2. The number of carbonyl (C=O) groups excluding carboxylic acids is 2. The highest BCUT2D eigenvalue weighted by atomic mass is 16.5. The molecule has 0 saturated carbocycles. The van der Waals surface area contributed by atoms with Gasteiger partial charge in [0.25, 0.3) is 0 Å². The van der Waals surface area contributed by atoms with Gasteiger partial charge in [-0.25, -0.2) is 0 Å². The zero-order valence-electron chi connectivity index (χ0n) is 17.8. The van der Waals surface area contributed by atoms with Crippen LogP contribution in [-0.4, -0.2) is 47.4 Å². The van der Waals surface area contributed by atoms with Crippen molar-refractivity contribution in [2.45, 2.75) is 51.1 Å². The van der Waals surface area contributed by atoms with Crippen LogP contribution >= 0.6 is 0 Å². The highest BCUT2D eigenvalue weighted by Gasteiger charge is 2.21. The van der Waals surface area contributed by atoms with E-state index in [0.29, 0.717) is 25.9 Å². The van der Waals surface area contributed by atoms with Crippen LogP contribution in [0.3, 0.4) is 0 Å². The number of anilines is 1. The Kier molecular flexibility index (Phi) is 7.14. The summed E-state index contributed by atoms with van der Waals surface area (Å²) in [6, 6.07) is 12.0. The minimum Gasteiger partial charge on any atom is -0.494 e. The lowest BCUT2D eigenvalue weighted by atomic mass is 10.0. The number of hydrogen-bond donors (Lipinski definition) is 2. The molecule has 0 radical (unpaired) electrons. The van der Waals surface area contributed by atoms with Gasteiger partial charge in [-0.05, 0) is 61.6 Å². The summed E-state index contributed by atoms with van der Waals surface area (Å²) in [5.41, 5.74) is 3.06. The average molecular weight is 423 g/mol. The molecule has 2 amide bonds. The molecule has 2 aliphatic heterocycles. The minimum atomic E-state index is 0.0612. The molecule has 1 aromatic heterocycles. The molecule has 2 aliphatic rings. The maximum Gasteiger partial charge on any atom is 0.224 e. The van der Waals surface area contributed by atoms with Crippen LogP contribution in [0.5, 0.6) is 5.75 Å². The zero-order chi connectivity index (χ0) is 21.5. The molecule has 2 aromatic rings. The number of rotatable bonds is 8. The predicted molar refractivity (Wildman–Crippen MR) is 119 cm³/mol.